The maximum Gasteiger partial charge on any atom is 0.138 e. The predicted octanol–water partition coefficient (Wildman–Crippen LogP) is 3.67. The van der Waals surface area contributed by atoms with E-state index in [2.05, 4.69) is 51.1 Å². The van der Waals surface area contributed by atoms with Crippen LogP contribution < -0.4 is 5.32 Å². The van der Waals surface area contributed by atoms with E-state index in [0.717, 1.165) is 22.5 Å². The number of hydrogen-bond donors (Lipinski definition) is 1. The topological polar surface area (TPSA) is 37.8 Å². The Morgan fingerprint density at radius 3 is 3.00 bits per heavy atom. The van der Waals surface area contributed by atoms with Crippen LogP contribution >= 0.6 is 27.3 Å². The Balaban J connectivity index is 2.17. The lowest BCUT2D eigenvalue weighted by molar-refractivity contribution is 0.706. The van der Waals surface area contributed by atoms with Crippen LogP contribution in [0.25, 0.3) is 10.2 Å². The van der Waals surface area contributed by atoms with E-state index in [0.29, 0.717) is 10.9 Å². The van der Waals surface area contributed by atoms with Crippen LogP contribution in [0.3, 0.4) is 0 Å². The normalized spacial score (nSPS) is 14.9. The minimum absolute atomic E-state index is 0.396. The van der Waals surface area contributed by atoms with Crippen LogP contribution in [-0.2, 0) is 0 Å². The molecular formula is C11H14BrN3S. The lowest BCUT2D eigenvalue weighted by atomic mass is 10.2. The molecular weight excluding hydrogens is 286 g/mol. The Labute approximate surface area is 107 Å². The second-order valence-corrected chi connectivity index (χ2v) is 6.38. The van der Waals surface area contributed by atoms with Crippen molar-refractivity contribution in [2.75, 3.05) is 5.32 Å². The molecule has 0 saturated heterocycles. The summed E-state index contributed by atoms with van der Waals surface area (Å²) in [5.41, 5.74) is 0. The highest BCUT2D eigenvalue weighted by molar-refractivity contribution is 9.09. The summed E-state index contributed by atoms with van der Waals surface area (Å²) < 4.78 is 0. The largest absolute Gasteiger partial charge is 0.367 e. The quantitative estimate of drug-likeness (QED) is 0.876. The zero-order valence-corrected chi connectivity index (χ0v) is 11.7. The molecule has 1 N–H and O–H groups in total. The average Bonchev–Trinajstić information content (AvgIpc) is 2.65. The van der Waals surface area contributed by atoms with Gasteiger partial charge in [0, 0.05) is 10.9 Å². The van der Waals surface area contributed by atoms with Gasteiger partial charge in [0.05, 0.1) is 5.39 Å². The second kappa shape index (κ2) is 5.10. The van der Waals surface area contributed by atoms with Crippen molar-refractivity contribution in [3.63, 3.8) is 0 Å². The Hall–Kier alpha value is -0.680. The van der Waals surface area contributed by atoms with Crippen LogP contribution in [0.1, 0.15) is 20.3 Å². The molecule has 0 saturated carbocycles. The van der Waals surface area contributed by atoms with Crippen LogP contribution in [0.4, 0.5) is 5.82 Å². The molecule has 0 spiro atoms. The number of aromatic nitrogens is 2. The summed E-state index contributed by atoms with van der Waals surface area (Å²) in [6.07, 6.45) is 2.68. The molecule has 0 aliphatic rings. The van der Waals surface area contributed by atoms with Crippen molar-refractivity contribution in [3.05, 3.63) is 17.8 Å². The van der Waals surface area contributed by atoms with E-state index in [1.807, 2.05) is 5.38 Å². The Kier molecular flexibility index (Phi) is 3.76. The van der Waals surface area contributed by atoms with E-state index in [9.17, 15) is 0 Å². The van der Waals surface area contributed by atoms with Gasteiger partial charge in [0.1, 0.15) is 17.0 Å². The van der Waals surface area contributed by atoms with Crippen LogP contribution in [-0.4, -0.2) is 20.8 Å². The van der Waals surface area contributed by atoms with E-state index < -0.39 is 0 Å². The molecule has 2 heterocycles. The van der Waals surface area contributed by atoms with Crippen molar-refractivity contribution < 1.29 is 0 Å². The lowest BCUT2D eigenvalue weighted by Gasteiger charge is -2.16. The van der Waals surface area contributed by atoms with E-state index in [1.54, 1.807) is 17.7 Å². The maximum absolute atomic E-state index is 4.30. The molecule has 0 amide bonds. The molecule has 3 nitrogen and oxygen atoms in total. The number of halogens is 1. The number of anilines is 1. The molecule has 2 atom stereocenters. The molecule has 0 aliphatic carbocycles. The SMILES string of the molecule is CC(Br)CC(C)Nc1ncnc2sccc12. The smallest absolute Gasteiger partial charge is 0.138 e. The standard InChI is InChI=1S/C11H14BrN3S/c1-7(12)5-8(2)15-10-9-3-4-16-11(9)14-6-13-10/h3-4,6-8H,5H2,1-2H3,(H,13,14,15). The molecule has 0 fully saturated rings. The Bertz CT molecular complexity index is 469. The molecule has 0 aliphatic heterocycles. The first-order chi connectivity index (χ1) is 7.66. The third-order valence-corrected chi connectivity index (χ3v) is 3.52. The third kappa shape index (κ3) is 2.71. The molecule has 2 rings (SSSR count). The summed E-state index contributed by atoms with van der Waals surface area (Å²) in [6.45, 7) is 4.32. The number of fused-ring (bicyclic) bond motifs is 1. The van der Waals surface area contributed by atoms with Crippen LogP contribution in [0.15, 0.2) is 17.8 Å². The minimum Gasteiger partial charge on any atom is -0.367 e. The van der Waals surface area contributed by atoms with Gasteiger partial charge in [0.25, 0.3) is 0 Å². The third-order valence-electron chi connectivity index (χ3n) is 2.32. The Morgan fingerprint density at radius 1 is 1.44 bits per heavy atom. The highest BCUT2D eigenvalue weighted by Crippen LogP contribution is 2.24. The van der Waals surface area contributed by atoms with Crippen LogP contribution in [0.2, 0.25) is 0 Å². The molecule has 0 aromatic carbocycles. The number of nitrogens with one attached hydrogen (secondary N) is 1. The van der Waals surface area contributed by atoms with Gasteiger partial charge in [-0.2, -0.15) is 0 Å². The Morgan fingerprint density at radius 2 is 2.25 bits per heavy atom. The van der Waals surface area contributed by atoms with Crippen molar-refractivity contribution in [2.24, 2.45) is 0 Å². The fourth-order valence-electron chi connectivity index (χ4n) is 1.68. The van der Waals surface area contributed by atoms with Gasteiger partial charge in [0.15, 0.2) is 0 Å². The van der Waals surface area contributed by atoms with Gasteiger partial charge in [-0.05, 0) is 24.8 Å². The fraction of sp³-hybridized carbons (Fsp3) is 0.455. The van der Waals surface area contributed by atoms with Crippen LogP contribution in [0.5, 0.6) is 0 Å². The first kappa shape index (κ1) is 11.8. The van der Waals surface area contributed by atoms with E-state index in [4.69, 9.17) is 0 Å². The van der Waals surface area contributed by atoms with Crippen molar-refractivity contribution in [1.82, 2.24) is 9.97 Å². The molecule has 5 heteroatoms. The summed E-state index contributed by atoms with van der Waals surface area (Å²) >= 11 is 5.20. The van der Waals surface area contributed by atoms with E-state index >= 15 is 0 Å². The molecule has 2 aromatic rings. The van der Waals surface area contributed by atoms with Crippen molar-refractivity contribution in [1.29, 1.82) is 0 Å². The molecule has 2 aromatic heterocycles. The van der Waals surface area contributed by atoms with Gasteiger partial charge in [-0.1, -0.05) is 22.9 Å². The molecule has 0 bridgehead atoms. The van der Waals surface area contributed by atoms with Gasteiger partial charge in [-0.3, -0.25) is 0 Å². The molecule has 16 heavy (non-hydrogen) atoms. The van der Waals surface area contributed by atoms with Gasteiger partial charge >= 0.3 is 0 Å². The first-order valence-corrected chi connectivity index (χ1v) is 7.05. The van der Waals surface area contributed by atoms with Crippen LogP contribution in [0, 0.1) is 0 Å². The van der Waals surface area contributed by atoms with Crippen molar-refractivity contribution >= 4 is 43.3 Å². The van der Waals surface area contributed by atoms with Crippen molar-refractivity contribution in [3.8, 4) is 0 Å². The highest BCUT2D eigenvalue weighted by atomic mass is 79.9. The predicted molar refractivity (Wildman–Crippen MR) is 73.5 cm³/mol. The molecule has 0 radical (unpaired) electrons. The van der Waals surface area contributed by atoms with Crippen molar-refractivity contribution in [2.45, 2.75) is 31.1 Å². The summed E-state index contributed by atoms with van der Waals surface area (Å²) in [7, 11) is 0. The molecule has 86 valence electrons. The summed E-state index contributed by atoms with van der Waals surface area (Å²) in [6, 6.07) is 2.46. The zero-order valence-electron chi connectivity index (χ0n) is 9.27. The van der Waals surface area contributed by atoms with Gasteiger partial charge in [-0.15, -0.1) is 11.3 Å². The zero-order chi connectivity index (χ0) is 11.5. The number of nitrogens with zero attached hydrogens (tertiary/aromatic N) is 2. The number of hydrogen-bond acceptors (Lipinski definition) is 4. The highest BCUT2D eigenvalue weighted by Gasteiger charge is 2.09. The maximum atomic E-state index is 4.30. The summed E-state index contributed by atoms with van der Waals surface area (Å²) in [5, 5.41) is 6.58. The van der Waals surface area contributed by atoms with E-state index in [-0.39, 0.29) is 0 Å². The second-order valence-electron chi connectivity index (χ2n) is 3.92. The molecule has 2 unspecified atom stereocenters. The monoisotopic (exact) mass is 299 g/mol. The number of thiophene rings is 1. The first-order valence-electron chi connectivity index (χ1n) is 5.25. The average molecular weight is 300 g/mol. The minimum atomic E-state index is 0.396. The lowest BCUT2D eigenvalue weighted by Crippen LogP contribution is -2.19. The fourth-order valence-corrected chi connectivity index (χ4v) is 2.98. The number of rotatable bonds is 4. The van der Waals surface area contributed by atoms with Gasteiger partial charge in [0.2, 0.25) is 0 Å². The van der Waals surface area contributed by atoms with Gasteiger partial charge < -0.3 is 5.32 Å². The van der Waals surface area contributed by atoms with E-state index in [1.165, 1.54) is 0 Å². The number of alkyl halides is 1. The van der Waals surface area contributed by atoms with Gasteiger partial charge in [-0.25, -0.2) is 9.97 Å². The summed E-state index contributed by atoms with van der Waals surface area (Å²) in [5.74, 6) is 0.937. The summed E-state index contributed by atoms with van der Waals surface area (Å²) in [4.78, 5) is 10.1.